The molecule has 14 heavy (non-hydrogen) atoms. The van der Waals surface area contributed by atoms with E-state index in [4.69, 9.17) is 5.11 Å². The van der Waals surface area contributed by atoms with Crippen molar-refractivity contribution in [2.75, 3.05) is 7.11 Å². The molecule has 0 fully saturated rings. The highest BCUT2D eigenvalue weighted by atomic mass is 16.5. The Labute approximate surface area is 83.3 Å². The number of ether oxygens (including phenoxy) is 1. The summed E-state index contributed by atoms with van der Waals surface area (Å²) in [5, 5.41) is 9.02. The summed E-state index contributed by atoms with van der Waals surface area (Å²) < 4.78 is 4.61. The Bertz CT molecular complexity index is 331. The van der Waals surface area contributed by atoms with Gasteiger partial charge in [-0.2, -0.15) is 0 Å². The third-order valence-corrected chi connectivity index (χ3v) is 2.18. The number of rotatable bonds is 3. The van der Waals surface area contributed by atoms with Gasteiger partial charge in [0.1, 0.15) is 0 Å². The van der Waals surface area contributed by atoms with Crippen molar-refractivity contribution in [3.05, 3.63) is 34.9 Å². The van der Waals surface area contributed by atoms with E-state index in [2.05, 4.69) is 4.74 Å². The molecule has 0 unspecified atom stereocenters. The summed E-state index contributed by atoms with van der Waals surface area (Å²) in [5.41, 5.74) is 2.37. The van der Waals surface area contributed by atoms with Crippen LogP contribution in [0.3, 0.4) is 0 Å². The van der Waals surface area contributed by atoms with E-state index in [0.717, 1.165) is 17.5 Å². The Hall–Kier alpha value is -1.35. The van der Waals surface area contributed by atoms with E-state index in [1.165, 1.54) is 7.11 Å². The quantitative estimate of drug-likeness (QED) is 0.742. The van der Waals surface area contributed by atoms with Gasteiger partial charge in [-0.05, 0) is 29.7 Å². The second-order valence-electron chi connectivity index (χ2n) is 2.99. The predicted molar refractivity (Wildman–Crippen MR) is 53.1 cm³/mol. The highest BCUT2D eigenvalue weighted by Gasteiger charge is 2.07. The summed E-state index contributed by atoms with van der Waals surface area (Å²) in [4.78, 5) is 11.2. The summed E-state index contributed by atoms with van der Waals surface area (Å²) in [6.07, 6.45) is 0.792. The molecule has 1 aromatic rings. The van der Waals surface area contributed by atoms with Gasteiger partial charge in [-0.3, -0.25) is 0 Å². The first-order chi connectivity index (χ1) is 6.72. The monoisotopic (exact) mass is 194 g/mol. The molecule has 0 heterocycles. The molecule has 0 aromatic heterocycles. The second-order valence-corrected chi connectivity index (χ2v) is 2.99. The van der Waals surface area contributed by atoms with E-state index < -0.39 is 0 Å². The summed E-state index contributed by atoms with van der Waals surface area (Å²) in [6.45, 7) is 1.99. The van der Waals surface area contributed by atoms with Crippen molar-refractivity contribution >= 4 is 5.97 Å². The molecule has 0 saturated heterocycles. The van der Waals surface area contributed by atoms with E-state index in [1.54, 1.807) is 18.2 Å². The number of benzene rings is 1. The van der Waals surface area contributed by atoms with Gasteiger partial charge in [0.15, 0.2) is 0 Å². The van der Waals surface area contributed by atoms with Crippen molar-refractivity contribution in [3.63, 3.8) is 0 Å². The molecular weight excluding hydrogens is 180 g/mol. The van der Waals surface area contributed by atoms with E-state index >= 15 is 0 Å². The summed E-state index contributed by atoms with van der Waals surface area (Å²) in [6, 6.07) is 5.18. The molecule has 0 radical (unpaired) electrons. The van der Waals surface area contributed by atoms with E-state index in [0.29, 0.717) is 5.56 Å². The number of aliphatic hydroxyl groups is 1. The summed E-state index contributed by atoms with van der Waals surface area (Å²) >= 11 is 0. The Morgan fingerprint density at radius 1 is 1.43 bits per heavy atom. The van der Waals surface area contributed by atoms with Crippen LogP contribution in [0.25, 0.3) is 0 Å². The fourth-order valence-corrected chi connectivity index (χ4v) is 1.35. The fraction of sp³-hybridized carbons (Fsp3) is 0.364. The largest absolute Gasteiger partial charge is 0.465 e. The first-order valence-electron chi connectivity index (χ1n) is 4.53. The normalized spacial score (nSPS) is 9.93. The number of methoxy groups -OCH3 is 1. The van der Waals surface area contributed by atoms with Crippen LogP contribution in [-0.4, -0.2) is 18.2 Å². The average molecular weight is 194 g/mol. The first-order valence-corrected chi connectivity index (χ1v) is 4.53. The number of aryl methyl sites for hydroxylation is 1. The third-order valence-electron chi connectivity index (χ3n) is 2.18. The minimum Gasteiger partial charge on any atom is -0.465 e. The van der Waals surface area contributed by atoms with Crippen molar-refractivity contribution in [1.29, 1.82) is 0 Å². The molecule has 0 aliphatic heterocycles. The van der Waals surface area contributed by atoms with Gasteiger partial charge < -0.3 is 9.84 Å². The van der Waals surface area contributed by atoms with Gasteiger partial charge in [-0.15, -0.1) is 0 Å². The van der Waals surface area contributed by atoms with Crippen LogP contribution in [0.15, 0.2) is 18.2 Å². The maximum atomic E-state index is 11.2. The molecule has 0 aliphatic carbocycles. The number of esters is 1. The van der Waals surface area contributed by atoms with Gasteiger partial charge in [0.2, 0.25) is 0 Å². The number of aliphatic hydroxyl groups excluding tert-OH is 1. The van der Waals surface area contributed by atoms with Gasteiger partial charge >= 0.3 is 5.97 Å². The molecule has 1 aromatic carbocycles. The van der Waals surface area contributed by atoms with Crippen molar-refractivity contribution in [3.8, 4) is 0 Å². The summed E-state index contributed by atoms with van der Waals surface area (Å²) in [5.74, 6) is -0.343. The molecule has 1 rings (SSSR count). The van der Waals surface area contributed by atoms with Crippen LogP contribution in [0.5, 0.6) is 0 Å². The van der Waals surface area contributed by atoms with Crippen molar-refractivity contribution in [1.82, 2.24) is 0 Å². The molecule has 0 aliphatic rings. The number of hydrogen-bond acceptors (Lipinski definition) is 3. The zero-order valence-electron chi connectivity index (χ0n) is 8.41. The van der Waals surface area contributed by atoms with Crippen LogP contribution in [0.4, 0.5) is 0 Å². The van der Waals surface area contributed by atoms with Gasteiger partial charge in [0.05, 0.1) is 19.3 Å². The van der Waals surface area contributed by atoms with Crippen LogP contribution in [0.2, 0.25) is 0 Å². The molecule has 3 nitrogen and oxygen atoms in total. The van der Waals surface area contributed by atoms with Crippen LogP contribution in [0, 0.1) is 0 Å². The lowest BCUT2D eigenvalue weighted by Crippen LogP contribution is -2.03. The second kappa shape index (κ2) is 4.77. The van der Waals surface area contributed by atoms with Gasteiger partial charge in [0, 0.05) is 0 Å². The molecule has 1 N–H and O–H groups in total. The molecule has 0 amide bonds. The Morgan fingerprint density at radius 3 is 2.64 bits per heavy atom. The van der Waals surface area contributed by atoms with Gasteiger partial charge in [-0.1, -0.05) is 13.0 Å². The fourth-order valence-electron chi connectivity index (χ4n) is 1.35. The zero-order valence-corrected chi connectivity index (χ0v) is 8.41. The minimum atomic E-state index is -0.343. The maximum Gasteiger partial charge on any atom is 0.337 e. The van der Waals surface area contributed by atoms with Crippen LogP contribution in [-0.2, 0) is 17.8 Å². The lowest BCUT2D eigenvalue weighted by Gasteiger charge is -2.06. The van der Waals surface area contributed by atoms with Crippen LogP contribution in [0.1, 0.15) is 28.4 Å². The lowest BCUT2D eigenvalue weighted by atomic mass is 10.0. The molecule has 0 atom stereocenters. The number of carbonyl (C=O) groups is 1. The summed E-state index contributed by atoms with van der Waals surface area (Å²) in [7, 11) is 1.36. The average Bonchev–Trinajstić information content (AvgIpc) is 2.26. The maximum absolute atomic E-state index is 11.2. The molecule has 3 heteroatoms. The first kappa shape index (κ1) is 10.7. The predicted octanol–water partition coefficient (Wildman–Crippen LogP) is 1.53. The highest BCUT2D eigenvalue weighted by molar-refractivity contribution is 5.89. The third kappa shape index (κ3) is 2.12. The van der Waals surface area contributed by atoms with Crippen molar-refractivity contribution < 1.29 is 14.6 Å². The SMILES string of the molecule is CCc1cc(C(=O)OC)ccc1CO. The van der Waals surface area contributed by atoms with Crippen LogP contribution < -0.4 is 0 Å². The van der Waals surface area contributed by atoms with Gasteiger partial charge in [0.25, 0.3) is 0 Å². The van der Waals surface area contributed by atoms with Crippen molar-refractivity contribution in [2.24, 2.45) is 0 Å². The lowest BCUT2D eigenvalue weighted by molar-refractivity contribution is 0.0600. The molecule has 0 spiro atoms. The smallest absolute Gasteiger partial charge is 0.337 e. The molecule has 76 valence electrons. The van der Waals surface area contributed by atoms with Gasteiger partial charge in [-0.25, -0.2) is 4.79 Å². The van der Waals surface area contributed by atoms with E-state index in [9.17, 15) is 4.79 Å². The minimum absolute atomic E-state index is 0.00459. The Kier molecular flexibility index (Phi) is 3.65. The zero-order chi connectivity index (χ0) is 10.6. The van der Waals surface area contributed by atoms with E-state index in [1.807, 2.05) is 6.92 Å². The number of hydrogen-bond donors (Lipinski definition) is 1. The molecule has 0 bridgehead atoms. The molecular formula is C11H14O3. The number of carbonyl (C=O) groups excluding carboxylic acids is 1. The van der Waals surface area contributed by atoms with Crippen molar-refractivity contribution in [2.45, 2.75) is 20.0 Å². The Balaban J connectivity index is 3.07. The topological polar surface area (TPSA) is 46.5 Å². The Morgan fingerprint density at radius 2 is 2.14 bits per heavy atom. The van der Waals surface area contributed by atoms with E-state index in [-0.39, 0.29) is 12.6 Å². The highest BCUT2D eigenvalue weighted by Crippen LogP contribution is 2.13. The molecule has 0 saturated carbocycles. The standard InChI is InChI=1S/C11H14O3/c1-3-8-6-9(11(13)14-2)4-5-10(8)7-12/h4-6,12H,3,7H2,1-2H3. The van der Waals surface area contributed by atoms with Crippen LogP contribution >= 0.6 is 0 Å².